The standard InChI is InChI=1S/C12H16N2O3/c1-9-2-3-10(17-9)4-5-12(16)14-7-6-13-11(15)8-14/h2-3H,4-8H2,1H3,(H,13,15). The molecule has 17 heavy (non-hydrogen) atoms. The number of hydrogen-bond acceptors (Lipinski definition) is 3. The molecule has 0 bridgehead atoms. The van der Waals surface area contributed by atoms with Crippen LogP contribution < -0.4 is 5.32 Å². The Bertz CT molecular complexity index is 425. The van der Waals surface area contributed by atoms with Crippen LogP contribution in [0, 0.1) is 6.92 Å². The first-order valence-electron chi connectivity index (χ1n) is 5.75. The van der Waals surface area contributed by atoms with Crippen LogP contribution in [0.4, 0.5) is 0 Å². The number of nitrogens with zero attached hydrogens (tertiary/aromatic N) is 1. The van der Waals surface area contributed by atoms with E-state index >= 15 is 0 Å². The lowest BCUT2D eigenvalue weighted by Gasteiger charge is -2.26. The van der Waals surface area contributed by atoms with Crippen molar-refractivity contribution in [3.05, 3.63) is 23.7 Å². The Morgan fingerprint density at radius 2 is 2.35 bits per heavy atom. The maximum absolute atomic E-state index is 11.8. The van der Waals surface area contributed by atoms with E-state index in [2.05, 4.69) is 5.32 Å². The Labute approximate surface area is 99.8 Å². The van der Waals surface area contributed by atoms with E-state index in [9.17, 15) is 9.59 Å². The molecule has 0 unspecified atom stereocenters. The molecule has 0 aromatic carbocycles. The molecule has 1 fully saturated rings. The minimum atomic E-state index is -0.0848. The number of nitrogens with one attached hydrogen (secondary N) is 1. The lowest BCUT2D eigenvalue weighted by atomic mass is 10.2. The highest BCUT2D eigenvalue weighted by molar-refractivity contribution is 5.85. The highest BCUT2D eigenvalue weighted by atomic mass is 16.3. The minimum absolute atomic E-state index is 0.00824. The molecule has 1 N–H and O–H groups in total. The molecule has 1 aromatic heterocycles. The van der Waals surface area contributed by atoms with Crippen LogP contribution in [0.3, 0.4) is 0 Å². The van der Waals surface area contributed by atoms with Crippen molar-refractivity contribution in [2.45, 2.75) is 19.8 Å². The number of hydrogen-bond donors (Lipinski definition) is 1. The molecule has 0 radical (unpaired) electrons. The monoisotopic (exact) mass is 236 g/mol. The maximum atomic E-state index is 11.8. The molecule has 1 aromatic rings. The first-order chi connectivity index (χ1) is 8.15. The molecule has 0 atom stereocenters. The highest BCUT2D eigenvalue weighted by Crippen LogP contribution is 2.10. The zero-order valence-electron chi connectivity index (χ0n) is 9.86. The second kappa shape index (κ2) is 5.03. The van der Waals surface area contributed by atoms with Crippen LogP contribution in [0.5, 0.6) is 0 Å². The lowest BCUT2D eigenvalue weighted by molar-refractivity contribution is -0.138. The second-order valence-electron chi connectivity index (χ2n) is 4.18. The molecule has 2 rings (SSSR count). The number of aryl methyl sites for hydroxylation is 2. The predicted octanol–water partition coefficient (Wildman–Crippen LogP) is 0.479. The molecular weight excluding hydrogens is 220 g/mol. The number of piperazine rings is 1. The van der Waals surface area contributed by atoms with Crippen LogP contribution in [0.2, 0.25) is 0 Å². The molecule has 92 valence electrons. The smallest absolute Gasteiger partial charge is 0.239 e. The molecule has 1 saturated heterocycles. The van der Waals surface area contributed by atoms with E-state index < -0.39 is 0 Å². The van der Waals surface area contributed by atoms with Crippen molar-refractivity contribution >= 4 is 11.8 Å². The molecule has 2 amide bonds. The van der Waals surface area contributed by atoms with E-state index in [1.54, 1.807) is 4.90 Å². The maximum Gasteiger partial charge on any atom is 0.239 e. The number of carbonyl (C=O) groups excluding carboxylic acids is 2. The SMILES string of the molecule is Cc1ccc(CCC(=O)N2CCNC(=O)C2)o1. The van der Waals surface area contributed by atoms with Gasteiger partial charge >= 0.3 is 0 Å². The van der Waals surface area contributed by atoms with Gasteiger partial charge in [0.1, 0.15) is 11.5 Å². The average molecular weight is 236 g/mol. The van der Waals surface area contributed by atoms with Gasteiger partial charge in [0.2, 0.25) is 11.8 Å². The largest absolute Gasteiger partial charge is 0.466 e. The van der Waals surface area contributed by atoms with Gasteiger partial charge in [-0.25, -0.2) is 0 Å². The topological polar surface area (TPSA) is 62.6 Å². The quantitative estimate of drug-likeness (QED) is 0.830. The fraction of sp³-hybridized carbons (Fsp3) is 0.500. The van der Waals surface area contributed by atoms with Crippen LogP contribution in [-0.4, -0.2) is 36.3 Å². The Hall–Kier alpha value is -1.78. The zero-order valence-corrected chi connectivity index (χ0v) is 9.86. The van der Waals surface area contributed by atoms with Gasteiger partial charge in [-0.15, -0.1) is 0 Å². The molecule has 5 nitrogen and oxygen atoms in total. The first kappa shape index (κ1) is 11.7. The van der Waals surface area contributed by atoms with Crippen molar-refractivity contribution < 1.29 is 14.0 Å². The highest BCUT2D eigenvalue weighted by Gasteiger charge is 2.20. The molecule has 2 heterocycles. The van der Waals surface area contributed by atoms with Gasteiger partial charge in [-0.1, -0.05) is 0 Å². The van der Waals surface area contributed by atoms with Crippen molar-refractivity contribution in [2.24, 2.45) is 0 Å². The van der Waals surface area contributed by atoms with Crippen LogP contribution in [0.25, 0.3) is 0 Å². The van der Waals surface area contributed by atoms with Gasteiger partial charge in [-0.3, -0.25) is 9.59 Å². The summed E-state index contributed by atoms with van der Waals surface area (Å²) >= 11 is 0. The van der Waals surface area contributed by atoms with Gasteiger partial charge in [0.25, 0.3) is 0 Å². The molecule has 0 spiro atoms. The van der Waals surface area contributed by atoms with Crippen molar-refractivity contribution in [3.8, 4) is 0 Å². The van der Waals surface area contributed by atoms with Gasteiger partial charge < -0.3 is 14.6 Å². The average Bonchev–Trinajstić information content (AvgIpc) is 2.72. The van der Waals surface area contributed by atoms with Crippen LogP contribution in [0.1, 0.15) is 17.9 Å². The first-order valence-corrected chi connectivity index (χ1v) is 5.75. The number of carbonyl (C=O) groups is 2. The van der Waals surface area contributed by atoms with Gasteiger partial charge in [0.15, 0.2) is 0 Å². The summed E-state index contributed by atoms with van der Waals surface area (Å²) in [5.41, 5.74) is 0. The second-order valence-corrected chi connectivity index (χ2v) is 4.18. The van der Waals surface area contributed by atoms with E-state index in [0.29, 0.717) is 25.9 Å². The van der Waals surface area contributed by atoms with Gasteiger partial charge in [0.05, 0.1) is 6.54 Å². The van der Waals surface area contributed by atoms with Crippen molar-refractivity contribution in [3.63, 3.8) is 0 Å². The lowest BCUT2D eigenvalue weighted by Crippen LogP contribution is -2.50. The van der Waals surface area contributed by atoms with Gasteiger partial charge in [-0.2, -0.15) is 0 Å². The molecule has 5 heteroatoms. The summed E-state index contributed by atoms with van der Waals surface area (Å²) in [7, 11) is 0. The summed E-state index contributed by atoms with van der Waals surface area (Å²) in [6, 6.07) is 3.76. The Morgan fingerprint density at radius 3 is 3.00 bits per heavy atom. The van der Waals surface area contributed by atoms with Crippen LogP contribution in [0.15, 0.2) is 16.5 Å². The van der Waals surface area contributed by atoms with E-state index in [-0.39, 0.29) is 18.4 Å². The summed E-state index contributed by atoms with van der Waals surface area (Å²) in [5.74, 6) is 1.59. The molecule has 1 aliphatic heterocycles. The number of furan rings is 1. The van der Waals surface area contributed by atoms with Crippen molar-refractivity contribution in [1.29, 1.82) is 0 Å². The normalized spacial score (nSPS) is 15.8. The van der Waals surface area contributed by atoms with Gasteiger partial charge in [-0.05, 0) is 19.1 Å². The third kappa shape index (κ3) is 3.09. The summed E-state index contributed by atoms with van der Waals surface area (Å²) < 4.78 is 5.39. The Morgan fingerprint density at radius 1 is 1.53 bits per heavy atom. The van der Waals surface area contributed by atoms with Crippen LogP contribution >= 0.6 is 0 Å². The van der Waals surface area contributed by atoms with Crippen molar-refractivity contribution in [2.75, 3.05) is 19.6 Å². The van der Waals surface area contributed by atoms with E-state index in [1.807, 2.05) is 19.1 Å². The van der Waals surface area contributed by atoms with E-state index in [4.69, 9.17) is 4.42 Å². The Balaban J connectivity index is 1.82. The third-order valence-corrected chi connectivity index (χ3v) is 2.77. The van der Waals surface area contributed by atoms with Gasteiger partial charge in [0, 0.05) is 25.9 Å². The van der Waals surface area contributed by atoms with Crippen molar-refractivity contribution in [1.82, 2.24) is 10.2 Å². The Kier molecular flexibility index (Phi) is 3.46. The summed E-state index contributed by atoms with van der Waals surface area (Å²) in [4.78, 5) is 24.6. The fourth-order valence-corrected chi connectivity index (χ4v) is 1.86. The number of amides is 2. The zero-order chi connectivity index (χ0) is 12.3. The number of rotatable bonds is 3. The third-order valence-electron chi connectivity index (χ3n) is 2.77. The summed E-state index contributed by atoms with van der Waals surface area (Å²) in [6.07, 6.45) is 0.977. The van der Waals surface area contributed by atoms with Crippen LogP contribution in [-0.2, 0) is 16.0 Å². The molecular formula is C12H16N2O3. The molecule has 0 aliphatic carbocycles. The van der Waals surface area contributed by atoms with E-state index in [0.717, 1.165) is 11.5 Å². The fourth-order valence-electron chi connectivity index (χ4n) is 1.86. The molecule has 1 aliphatic rings. The summed E-state index contributed by atoms with van der Waals surface area (Å²) in [5, 5.41) is 2.69. The van der Waals surface area contributed by atoms with E-state index in [1.165, 1.54) is 0 Å². The minimum Gasteiger partial charge on any atom is -0.466 e. The predicted molar refractivity (Wildman–Crippen MR) is 61.4 cm³/mol. The summed E-state index contributed by atoms with van der Waals surface area (Å²) in [6.45, 7) is 3.20. The molecule has 0 saturated carbocycles.